The molecule has 0 aliphatic heterocycles. The molecule has 0 atom stereocenters. The van der Waals surface area contributed by atoms with Crippen LogP contribution in [0.2, 0.25) is 0 Å². The lowest BCUT2D eigenvalue weighted by atomic mass is 10.1. The Morgan fingerprint density at radius 2 is 1.93 bits per heavy atom. The molecular weight excluding hydrogens is 419 g/mol. The molecule has 3 N–H and O–H groups in total. The number of alkyl halides is 3. The molecule has 0 aliphatic rings. The second-order valence-electron chi connectivity index (χ2n) is 5.51. The van der Waals surface area contributed by atoms with E-state index in [4.69, 9.17) is 5.14 Å². The third-order valence-electron chi connectivity index (χ3n) is 3.52. The molecule has 0 aliphatic carbocycles. The molecule has 28 heavy (non-hydrogen) atoms. The fourth-order valence-corrected chi connectivity index (χ4v) is 3.98. The number of hydrogen-bond donors (Lipinski definition) is 2. The number of benzene rings is 1. The normalized spacial score (nSPS) is 12.1. The van der Waals surface area contributed by atoms with Gasteiger partial charge in [-0.2, -0.15) is 13.2 Å². The van der Waals surface area contributed by atoms with Crippen molar-refractivity contribution in [1.82, 2.24) is 20.3 Å². The van der Waals surface area contributed by atoms with Crippen LogP contribution in [0.4, 0.5) is 13.2 Å². The molecule has 3 aromatic rings. The number of rotatable bonds is 5. The first-order valence-corrected chi connectivity index (χ1v) is 9.90. The van der Waals surface area contributed by atoms with Gasteiger partial charge in [0.2, 0.25) is 10.0 Å². The zero-order valence-corrected chi connectivity index (χ0v) is 15.5. The van der Waals surface area contributed by atoms with Gasteiger partial charge in [0.15, 0.2) is 5.69 Å². The number of carbonyl (C=O) groups is 1. The van der Waals surface area contributed by atoms with Gasteiger partial charge in [-0.3, -0.25) is 4.79 Å². The van der Waals surface area contributed by atoms with E-state index in [2.05, 4.69) is 15.6 Å². The molecule has 0 saturated heterocycles. The maximum absolute atomic E-state index is 13.1. The molecule has 148 valence electrons. The summed E-state index contributed by atoms with van der Waals surface area (Å²) in [6.45, 7) is -0.00891. The third-order valence-corrected chi connectivity index (χ3v) is 6.05. The van der Waals surface area contributed by atoms with Gasteiger partial charge in [0, 0.05) is 4.88 Å². The van der Waals surface area contributed by atoms with Crippen molar-refractivity contribution in [3.8, 4) is 5.69 Å². The standard InChI is InChI=1S/C15H12F3N5O3S2/c16-15(17,18)10-3-1-2-4-12(10)23-8-11(21-22-23)14(24)20-7-9-5-6-13(27-9)28(19,25)26/h1-6,8H,7H2,(H,20,24)(H2,19,25,26). The van der Waals surface area contributed by atoms with Crippen molar-refractivity contribution in [2.75, 3.05) is 0 Å². The second kappa shape index (κ2) is 7.33. The fraction of sp³-hybridized carbons (Fsp3) is 0.133. The predicted molar refractivity (Wildman–Crippen MR) is 93.2 cm³/mol. The molecule has 13 heteroatoms. The average Bonchev–Trinajstić information content (AvgIpc) is 3.28. The molecule has 3 rings (SSSR count). The molecule has 0 radical (unpaired) electrons. The number of para-hydroxylation sites is 1. The average molecular weight is 431 g/mol. The lowest BCUT2D eigenvalue weighted by Crippen LogP contribution is -2.22. The summed E-state index contributed by atoms with van der Waals surface area (Å²) in [4.78, 5) is 12.7. The van der Waals surface area contributed by atoms with E-state index >= 15 is 0 Å². The molecule has 0 unspecified atom stereocenters. The second-order valence-corrected chi connectivity index (χ2v) is 8.47. The summed E-state index contributed by atoms with van der Waals surface area (Å²) in [7, 11) is -3.83. The van der Waals surface area contributed by atoms with E-state index in [1.54, 1.807) is 0 Å². The first kappa shape index (κ1) is 20.0. The number of aromatic nitrogens is 3. The first-order chi connectivity index (χ1) is 13.1. The van der Waals surface area contributed by atoms with Crippen molar-refractivity contribution < 1.29 is 26.4 Å². The number of primary sulfonamides is 1. The Morgan fingerprint density at radius 1 is 1.21 bits per heavy atom. The van der Waals surface area contributed by atoms with Crippen LogP contribution in [-0.2, 0) is 22.7 Å². The van der Waals surface area contributed by atoms with Gasteiger partial charge in [0.1, 0.15) is 4.21 Å². The molecule has 2 heterocycles. The minimum absolute atomic E-state index is 0.00891. The van der Waals surface area contributed by atoms with Crippen LogP contribution in [0.3, 0.4) is 0 Å². The Balaban J connectivity index is 1.74. The number of carbonyl (C=O) groups excluding carboxylic acids is 1. The van der Waals surface area contributed by atoms with Gasteiger partial charge in [0.05, 0.1) is 24.0 Å². The zero-order valence-electron chi connectivity index (χ0n) is 13.8. The number of sulfonamides is 1. The zero-order chi connectivity index (χ0) is 20.5. The number of nitrogens with zero attached hydrogens (tertiary/aromatic N) is 3. The van der Waals surface area contributed by atoms with Crippen molar-refractivity contribution in [3.63, 3.8) is 0 Å². The molecule has 1 aromatic carbocycles. The van der Waals surface area contributed by atoms with Gasteiger partial charge in [-0.05, 0) is 24.3 Å². The van der Waals surface area contributed by atoms with Gasteiger partial charge in [0.25, 0.3) is 5.91 Å². The van der Waals surface area contributed by atoms with E-state index in [1.165, 1.54) is 30.3 Å². The molecule has 0 bridgehead atoms. The van der Waals surface area contributed by atoms with Crippen LogP contribution in [0.5, 0.6) is 0 Å². The van der Waals surface area contributed by atoms with Gasteiger partial charge in [-0.15, -0.1) is 16.4 Å². The van der Waals surface area contributed by atoms with Crippen molar-refractivity contribution in [2.45, 2.75) is 16.9 Å². The quantitative estimate of drug-likeness (QED) is 0.640. The number of nitrogens with one attached hydrogen (secondary N) is 1. The van der Waals surface area contributed by atoms with Gasteiger partial charge < -0.3 is 5.32 Å². The number of amides is 1. The summed E-state index contributed by atoms with van der Waals surface area (Å²) in [5, 5.41) is 14.7. The maximum atomic E-state index is 13.1. The van der Waals surface area contributed by atoms with Gasteiger partial charge in [-0.1, -0.05) is 17.3 Å². The Morgan fingerprint density at radius 3 is 2.57 bits per heavy atom. The van der Waals surface area contributed by atoms with Crippen LogP contribution in [0, 0.1) is 0 Å². The largest absolute Gasteiger partial charge is 0.418 e. The summed E-state index contributed by atoms with van der Waals surface area (Å²) in [6.07, 6.45) is -3.52. The highest BCUT2D eigenvalue weighted by Gasteiger charge is 2.34. The van der Waals surface area contributed by atoms with E-state index in [0.717, 1.165) is 28.3 Å². The predicted octanol–water partition coefficient (Wildman–Crippen LogP) is 1.92. The smallest absolute Gasteiger partial charge is 0.346 e. The van der Waals surface area contributed by atoms with E-state index in [1.807, 2.05) is 0 Å². The molecule has 0 saturated carbocycles. The molecule has 0 spiro atoms. The number of halogens is 3. The number of thiophene rings is 1. The van der Waals surface area contributed by atoms with Gasteiger partial charge in [-0.25, -0.2) is 18.2 Å². The van der Waals surface area contributed by atoms with Crippen molar-refractivity contribution in [1.29, 1.82) is 0 Å². The van der Waals surface area contributed by atoms with Crippen LogP contribution in [0.15, 0.2) is 46.8 Å². The Bertz CT molecular complexity index is 1120. The van der Waals surface area contributed by atoms with Gasteiger partial charge >= 0.3 is 6.18 Å². The van der Waals surface area contributed by atoms with Crippen molar-refractivity contribution in [2.24, 2.45) is 5.14 Å². The highest BCUT2D eigenvalue weighted by Crippen LogP contribution is 2.33. The van der Waals surface area contributed by atoms with Crippen LogP contribution < -0.4 is 10.5 Å². The number of hydrogen-bond acceptors (Lipinski definition) is 6. The Hall–Kier alpha value is -2.77. The minimum Gasteiger partial charge on any atom is -0.346 e. The maximum Gasteiger partial charge on any atom is 0.418 e. The molecule has 0 fully saturated rings. The highest BCUT2D eigenvalue weighted by atomic mass is 32.2. The Labute approximate surface area is 160 Å². The van der Waals surface area contributed by atoms with Crippen LogP contribution in [-0.4, -0.2) is 29.3 Å². The van der Waals surface area contributed by atoms with E-state index in [9.17, 15) is 26.4 Å². The Kier molecular flexibility index (Phi) is 5.23. The summed E-state index contributed by atoms with van der Waals surface area (Å²) < 4.78 is 62.6. The summed E-state index contributed by atoms with van der Waals surface area (Å²) in [5.74, 6) is -0.679. The highest BCUT2D eigenvalue weighted by molar-refractivity contribution is 7.91. The molecule has 2 aromatic heterocycles. The minimum atomic E-state index is -4.59. The lowest BCUT2D eigenvalue weighted by molar-refractivity contribution is -0.137. The van der Waals surface area contributed by atoms with Crippen LogP contribution in [0.1, 0.15) is 20.9 Å². The fourth-order valence-electron chi connectivity index (χ4n) is 2.26. The molecule has 1 amide bonds. The van der Waals surface area contributed by atoms with E-state index in [-0.39, 0.29) is 22.1 Å². The van der Waals surface area contributed by atoms with Crippen molar-refractivity contribution in [3.05, 3.63) is 58.7 Å². The van der Waals surface area contributed by atoms with E-state index < -0.39 is 27.7 Å². The molecule has 8 nitrogen and oxygen atoms in total. The van der Waals surface area contributed by atoms with E-state index in [0.29, 0.717) is 4.88 Å². The van der Waals surface area contributed by atoms with Crippen LogP contribution in [0.25, 0.3) is 5.69 Å². The van der Waals surface area contributed by atoms with Crippen molar-refractivity contribution >= 4 is 27.3 Å². The van der Waals surface area contributed by atoms with Crippen LogP contribution >= 0.6 is 11.3 Å². The number of nitrogens with two attached hydrogens (primary N) is 1. The topological polar surface area (TPSA) is 120 Å². The lowest BCUT2D eigenvalue weighted by Gasteiger charge is -2.11. The molecular formula is C15H12F3N5O3S2. The SMILES string of the molecule is NS(=O)(=O)c1ccc(CNC(=O)c2cn(-c3ccccc3C(F)(F)F)nn2)s1. The summed E-state index contributed by atoms with van der Waals surface area (Å²) >= 11 is 0.890. The summed E-state index contributed by atoms with van der Waals surface area (Å²) in [5.41, 5.74) is -1.38. The first-order valence-electron chi connectivity index (χ1n) is 7.54. The monoisotopic (exact) mass is 431 g/mol. The third kappa shape index (κ3) is 4.37. The summed E-state index contributed by atoms with van der Waals surface area (Å²) in [6, 6.07) is 7.56.